The van der Waals surface area contributed by atoms with E-state index >= 15 is 0 Å². The topological polar surface area (TPSA) is 0 Å². The van der Waals surface area contributed by atoms with Gasteiger partial charge >= 0.3 is 0 Å². The first kappa shape index (κ1) is 11.5. The quantitative estimate of drug-likeness (QED) is 0.518. The molecule has 0 aromatic rings. The standard InChI is InChI=1S/C8H16I2/c1-5-6(2)7(3)8(4,9)10/h6-7H,5H2,1-4H3. The Labute approximate surface area is 91.8 Å². The van der Waals surface area contributed by atoms with Crippen LogP contribution in [0.5, 0.6) is 0 Å². The van der Waals surface area contributed by atoms with Gasteiger partial charge < -0.3 is 0 Å². The lowest BCUT2D eigenvalue weighted by atomic mass is 9.91. The van der Waals surface area contributed by atoms with Crippen LogP contribution < -0.4 is 0 Å². The minimum Gasteiger partial charge on any atom is -0.0672 e. The maximum atomic E-state index is 2.53. The molecule has 0 bridgehead atoms. The molecule has 2 heteroatoms. The van der Waals surface area contributed by atoms with Crippen LogP contribution in [0.2, 0.25) is 0 Å². The van der Waals surface area contributed by atoms with Gasteiger partial charge in [-0.3, -0.25) is 0 Å². The van der Waals surface area contributed by atoms with Crippen LogP contribution in [0.4, 0.5) is 0 Å². The van der Waals surface area contributed by atoms with Gasteiger partial charge in [-0.15, -0.1) is 0 Å². The first-order valence-corrected chi connectivity index (χ1v) is 5.93. The fourth-order valence-electron chi connectivity index (χ4n) is 0.853. The monoisotopic (exact) mass is 366 g/mol. The minimum atomic E-state index is 0.422. The SMILES string of the molecule is CCC(C)C(C)C(C)(I)I. The van der Waals surface area contributed by atoms with E-state index < -0.39 is 0 Å². The van der Waals surface area contributed by atoms with Crippen LogP contribution in [0.1, 0.15) is 34.1 Å². The second kappa shape index (κ2) is 4.48. The largest absolute Gasteiger partial charge is 0.0734 e. The fraction of sp³-hybridized carbons (Fsp3) is 1.00. The Balaban J connectivity index is 3.94. The van der Waals surface area contributed by atoms with Gasteiger partial charge in [-0.05, 0) is 18.8 Å². The Kier molecular flexibility index (Phi) is 5.13. The smallest absolute Gasteiger partial charge is 0.0672 e. The highest BCUT2D eigenvalue weighted by molar-refractivity contribution is 14.2. The third-order valence-electron chi connectivity index (χ3n) is 2.30. The van der Waals surface area contributed by atoms with Gasteiger partial charge in [0, 0.05) is 0 Å². The van der Waals surface area contributed by atoms with Crippen LogP contribution in [0, 0.1) is 11.8 Å². The Morgan fingerprint density at radius 1 is 1.30 bits per heavy atom. The summed E-state index contributed by atoms with van der Waals surface area (Å²) >= 11 is 5.06. The molecule has 2 atom stereocenters. The summed E-state index contributed by atoms with van der Waals surface area (Å²) in [5.74, 6) is 1.65. The lowest BCUT2D eigenvalue weighted by Crippen LogP contribution is -2.23. The number of hydrogen-bond donors (Lipinski definition) is 0. The number of rotatable bonds is 3. The predicted molar refractivity (Wildman–Crippen MR) is 65.1 cm³/mol. The molecule has 0 aromatic heterocycles. The zero-order valence-electron chi connectivity index (χ0n) is 7.12. The average molecular weight is 366 g/mol. The second-order valence-electron chi connectivity index (χ2n) is 3.13. The molecule has 0 saturated heterocycles. The maximum Gasteiger partial charge on any atom is 0.0734 e. The molecule has 0 amide bonds. The molecule has 0 aliphatic carbocycles. The summed E-state index contributed by atoms with van der Waals surface area (Å²) in [4.78, 5) is 0. The van der Waals surface area contributed by atoms with E-state index in [2.05, 4.69) is 72.9 Å². The second-order valence-corrected chi connectivity index (χ2v) is 9.68. The molecule has 0 aromatic carbocycles. The van der Waals surface area contributed by atoms with E-state index in [1.54, 1.807) is 0 Å². The first-order valence-electron chi connectivity index (χ1n) is 3.77. The summed E-state index contributed by atoms with van der Waals surface area (Å²) in [5.41, 5.74) is 0. The summed E-state index contributed by atoms with van der Waals surface area (Å²) in [6, 6.07) is 0. The Hall–Kier alpha value is 1.46. The zero-order valence-corrected chi connectivity index (χ0v) is 11.4. The lowest BCUT2D eigenvalue weighted by molar-refractivity contribution is 0.376. The number of halogens is 2. The predicted octanol–water partition coefficient (Wildman–Crippen LogP) is 4.25. The van der Waals surface area contributed by atoms with Crippen molar-refractivity contribution in [1.82, 2.24) is 0 Å². The Morgan fingerprint density at radius 3 is 1.80 bits per heavy atom. The highest BCUT2D eigenvalue weighted by Gasteiger charge is 2.27. The molecule has 0 spiro atoms. The van der Waals surface area contributed by atoms with Crippen molar-refractivity contribution in [1.29, 1.82) is 0 Å². The van der Waals surface area contributed by atoms with E-state index in [4.69, 9.17) is 0 Å². The molecule has 62 valence electrons. The van der Waals surface area contributed by atoms with E-state index in [-0.39, 0.29) is 0 Å². The first-order chi connectivity index (χ1) is 4.39. The maximum absolute atomic E-state index is 2.53. The normalized spacial score (nSPS) is 18.6. The van der Waals surface area contributed by atoms with Gasteiger partial charge in [0.15, 0.2) is 0 Å². The molecule has 0 heterocycles. The van der Waals surface area contributed by atoms with Gasteiger partial charge in [0.25, 0.3) is 0 Å². The molecule has 0 aliphatic rings. The lowest BCUT2D eigenvalue weighted by Gasteiger charge is -2.28. The Bertz CT molecular complexity index is 93.9. The van der Waals surface area contributed by atoms with Crippen molar-refractivity contribution in [2.75, 3.05) is 0 Å². The van der Waals surface area contributed by atoms with Gasteiger partial charge in [0.2, 0.25) is 0 Å². The van der Waals surface area contributed by atoms with E-state index in [1.807, 2.05) is 0 Å². The minimum absolute atomic E-state index is 0.422. The third-order valence-corrected chi connectivity index (χ3v) is 4.26. The van der Waals surface area contributed by atoms with Gasteiger partial charge in [-0.2, -0.15) is 0 Å². The van der Waals surface area contributed by atoms with Crippen molar-refractivity contribution in [3.8, 4) is 0 Å². The van der Waals surface area contributed by atoms with Gasteiger partial charge in [0.05, 0.1) is 1.43 Å². The van der Waals surface area contributed by atoms with Crippen LogP contribution in [0.15, 0.2) is 0 Å². The molecule has 0 rings (SSSR count). The fourth-order valence-corrected chi connectivity index (χ4v) is 2.08. The van der Waals surface area contributed by atoms with Gasteiger partial charge in [-0.25, -0.2) is 0 Å². The van der Waals surface area contributed by atoms with E-state index in [9.17, 15) is 0 Å². The molecule has 2 unspecified atom stereocenters. The summed E-state index contributed by atoms with van der Waals surface area (Å²) in [7, 11) is 0. The third kappa shape index (κ3) is 3.74. The molecule has 0 N–H and O–H groups in total. The van der Waals surface area contributed by atoms with Crippen LogP contribution in [0.25, 0.3) is 0 Å². The molecule has 0 saturated carbocycles. The molecular weight excluding hydrogens is 350 g/mol. The van der Waals surface area contributed by atoms with Crippen molar-refractivity contribution < 1.29 is 0 Å². The van der Waals surface area contributed by atoms with E-state index in [0.717, 1.165) is 11.8 Å². The molecule has 0 fully saturated rings. The molecule has 10 heavy (non-hydrogen) atoms. The summed E-state index contributed by atoms with van der Waals surface area (Å²) in [6.07, 6.45) is 1.29. The Morgan fingerprint density at radius 2 is 1.70 bits per heavy atom. The summed E-state index contributed by atoms with van der Waals surface area (Å²) in [5, 5.41) is 0. The van der Waals surface area contributed by atoms with Crippen LogP contribution in [-0.4, -0.2) is 1.43 Å². The zero-order chi connectivity index (χ0) is 8.36. The number of hydrogen-bond acceptors (Lipinski definition) is 0. The van der Waals surface area contributed by atoms with Gasteiger partial charge in [-0.1, -0.05) is 72.4 Å². The van der Waals surface area contributed by atoms with Crippen molar-refractivity contribution in [2.24, 2.45) is 11.8 Å². The van der Waals surface area contributed by atoms with Crippen LogP contribution in [0.3, 0.4) is 0 Å². The van der Waals surface area contributed by atoms with Crippen molar-refractivity contribution in [3.05, 3.63) is 0 Å². The van der Waals surface area contributed by atoms with E-state index in [1.165, 1.54) is 6.42 Å². The highest BCUT2D eigenvalue weighted by atomic mass is 127. The summed E-state index contributed by atoms with van der Waals surface area (Å²) < 4.78 is 0.422. The molecular formula is C8H16I2. The number of alkyl halides is 2. The molecule has 0 aliphatic heterocycles. The van der Waals surface area contributed by atoms with Crippen LogP contribution in [-0.2, 0) is 0 Å². The van der Waals surface area contributed by atoms with E-state index in [0.29, 0.717) is 1.43 Å². The molecule has 0 nitrogen and oxygen atoms in total. The van der Waals surface area contributed by atoms with Gasteiger partial charge in [0.1, 0.15) is 0 Å². The summed E-state index contributed by atoms with van der Waals surface area (Å²) in [6.45, 7) is 9.23. The van der Waals surface area contributed by atoms with Crippen molar-refractivity contribution in [3.63, 3.8) is 0 Å². The van der Waals surface area contributed by atoms with Crippen LogP contribution >= 0.6 is 45.2 Å². The molecule has 0 radical (unpaired) electrons. The van der Waals surface area contributed by atoms with Crippen molar-refractivity contribution >= 4 is 45.2 Å². The van der Waals surface area contributed by atoms with Crippen molar-refractivity contribution in [2.45, 2.75) is 35.5 Å². The average Bonchev–Trinajstić information content (AvgIpc) is 1.83. The highest BCUT2D eigenvalue weighted by Crippen LogP contribution is 2.39.